The second-order valence-electron chi connectivity index (χ2n) is 6.25. The molecule has 28 heavy (non-hydrogen) atoms. The molecule has 144 valence electrons. The molecule has 7 nitrogen and oxygen atoms in total. The summed E-state index contributed by atoms with van der Waals surface area (Å²) in [4.78, 5) is 24.6. The fraction of sp³-hybridized carbons (Fsp3) is 0.238. The fourth-order valence-electron chi connectivity index (χ4n) is 2.49. The zero-order valence-electron chi connectivity index (χ0n) is 16.0. The molecule has 0 aliphatic carbocycles. The first-order valence-electron chi connectivity index (χ1n) is 8.71. The summed E-state index contributed by atoms with van der Waals surface area (Å²) in [6.07, 6.45) is 8.27. The van der Waals surface area contributed by atoms with Crippen LogP contribution in [0.25, 0.3) is 0 Å². The minimum absolute atomic E-state index is 0.0639. The third kappa shape index (κ3) is 4.82. The van der Waals surface area contributed by atoms with E-state index in [4.69, 9.17) is 14.2 Å². The van der Waals surface area contributed by atoms with Crippen molar-refractivity contribution < 1.29 is 19.0 Å². The Balaban J connectivity index is 1.69. The number of hydrogen-bond acceptors (Lipinski definition) is 7. The van der Waals surface area contributed by atoms with Crippen molar-refractivity contribution >= 4 is 5.97 Å². The maximum Gasteiger partial charge on any atom is 0.357 e. The second kappa shape index (κ2) is 8.94. The van der Waals surface area contributed by atoms with Gasteiger partial charge in [-0.2, -0.15) is 0 Å². The molecule has 0 aliphatic heterocycles. The highest BCUT2D eigenvalue weighted by Crippen LogP contribution is 2.23. The SMILES string of the molecule is COc1cncc(COc2cncc(C)c2COC(=O)c2ccc(C)cn2)c1. The summed E-state index contributed by atoms with van der Waals surface area (Å²) in [5.74, 6) is 0.717. The summed E-state index contributed by atoms with van der Waals surface area (Å²) in [5.41, 5.74) is 3.72. The van der Waals surface area contributed by atoms with E-state index < -0.39 is 5.97 Å². The van der Waals surface area contributed by atoms with Gasteiger partial charge in [-0.15, -0.1) is 0 Å². The number of pyridine rings is 3. The van der Waals surface area contributed by atoms with Crippen LogP contribution in [0.4, 0.5) is 0 Å². The van der Waals surface area contributed by atoms with E-state index in [0.717, 1.165) is 22.3 Å². The summed E-state index contributed by atoms with van der Waals surface area (Å²) in [7, 11) is 1.58. The first-order chi connectivity index (χ1) is 13.6. The number of carbonyl (C=O) groups excluding carboxylic acids is 1. The van der Waals surface area contributed by atoms with Gasteiger partial charge in [0.05, 0.1) is 19.5 Å². The first kappa shape index (κ1) is 19.3. The molecular weight excluding hydrogens is 358 g/mol. The number of aryl methyl sites for hydroxylation is 2. The largest absolute Gasteiger partial charge is 0.495 e. The monoisotopic (exact) mass is 379 g/mol. The molecule has 0 spiro atoms. The van der Waals surface area contributed by atoms with Gasteiger partial charge in [0.1, 0.15) is 30.4 Å². The van der Waals surface area contributed by atoms with Crippen LogP contribution in [0.5, 0.6) is 11.5 Å². The van der Waals surface area contributed by atoms with E-state index in [1.165, 1.54) is 0 Å². The van der Waals surface area contributed by atoms with Gasteiger partial charge in [-0.1, -0.05) is 6.07 Å². The van der Waals surface area contributed by atoms with Gasteiger partial charge in [0, 0.05) is 29.7 Å². The van der Waals surface area contributed by atoms with E-state index >= 15 is 0 Å². The Morgan fingerprint density at radius 1 is 1.00 bits per heavy atom. The van der Waals surface area contributed by atoms with Crippen molar-refractivity contribution in [3.63, 3.8) is 0 Å². The van der Waals surface area contributed by atoms with E-state index in [9.17, 15) is 4.79 Å². The summed E-state index contributed by atoms with van der Waals surface area (Å²) in [5, 5.41) is 0. The lowest BCUT2D eigenvalue weighted by atomic mass is 10.1. The molecule has 0 unspecified atom stereocenters. The normalized spacial score (nSPS) is 10.4. The average molecular weight is 379 g/mol. The molecule has 0 saturated carbocycles. The highest BCUT2D eigenvalue weighted by molar-refractivity contribution is 5.87. The van der Waals surface area contributed by atoms with Crippen molar-refractivity contribution in [3.8, 4) is 11.5 Å². The van der Waals surface area contributed by atoms with Crippen LogP contribution in [0.15, 0.2) is 49.2 Å². The smallest absolute Gasteiger partial charge is 0.357 e. The second-order valence-corrected chi connectivity index (χ2v) is 6.25. The molecule has 0 N–H and O–H groups in total. The molecule has 3 rings (SSSR count). The number of nitrogens with zero attached hydrogens (tertiary/aromatic N) is 3. The lowest BCUT2D eigenvalue weighted by Crippen LogP contribution is -2.09. The van der Waals surface area contributed by atoms with Crippen molar-refractivity contribution in [1.29, 1.82) is 0 Å². The minimum atomic E-state index is -0.487. The number of rotatable bonds is 7. The van der Waals surface area contributed by atoms with Crippen LogP contribution >= 0.6 is 0 Å². The third-order valence-electron chi connectivity index (χ3n) is 4.10. The van der Waals surface area contributed by atoms with E-state index in [1.807, 2.05) is 26.0 Å². The van der Waals surface area contributed by atoms with E-state index in [-0.39, 0.29) is 18.9 Å². The number of ether oxygens (including phenoxy) is 3. The molecule has 0 atom stereocenters. The molecule has 3 heterocycles. The summed E-state index contributed by atoms with van der Waals surface area (Å²) < 4.78 is 16.5. The van der Waals surface area contributed by atoms with Crippen molar-refractivity contribution in [2.75, 3.05) is 7.11 Å². The number of methoxy groups -OCH3 is 1. The van der Waals surface area contributed by atoms with Crippen LogP contribution in [-0.4, -0.2) is 28.0 Å². The minimum Gasteiger partial charge on any atom is -0.495 e. The van der Waals surface area contributed by atoms with E-state index in [1.54, 1.807) is 44.2 Å². The van der Waals surface area contributed by atoms with Gasteiger partial charge in [0.15, 0.2) is 0 Å². The molecule has 0 aromatic carbocycles. The van der Waals surface area contributed by atoms with Gasteiger partial charge in [-0.05, 0) is 37.1 Å². The number of carbonyl (C=O) groups is 1. The molecule has 0 aliphatic rings. The highest BCUT2D eigenvalue weighted by atomic mass is 16.5. The Morgan fingerprint density at radius 3 is 2.57 bits per heavy atom. The zero-order valence-corrected chi connectivity index (χ0v) is 16.0. The van der Waals surface area contributed by atoms with E-state index in [2.05, 4.69) is 15.0 Å². The quantitative estimate of drug-likeness (QED) is 0.582. The molecule has 0 amide bonds. The predicted molar refractivity (Wildman–Crippen MR) is 102 cm³/mol. The molecule has 0 radical (unpaired) electrons. The topological polar surface area (TPSA) is 83.4 Å². The number of hydrogen-bond donors (Lipinski definition) is 0. The molecule has 7 heteroatoms. The van der Waals surface area contributed by atoms with Crippen LogP contribution < -0.4 is 9.47 Å². The zero-order chi connectivity index (χ0) is 19.9. The molecule has 3 aromatic heterocycles. The standard InChI is InChI=1S/C21H21N3O4/c1-14-4-5-19(24-7-14)21(25)28-13-18-15(2)8-22-11-20(18)27-12-16-6-17(26-3)10-23-9-16/h4-11H,12-13H2,1-3H3. The van der Waals surface area contributed by atoms with E-state index in [0.29, 0.717) is 11.5 Å². The van der Waals surface area contributed by atoms with Crippen LogP contribution in [0, 0.1) is 13.8 Å². The lowest BCUT2D eigenvalue weighted by Gasteiger charge is -2.14. The Kier molecular flexibility index (Phi) is 6.16. The van der Waals surface area contributed by atoms with Crippen molar-refractivity contribution in [2.45, 2.75) is 27.1 Å². The van der Waals surface area contributed by atoms with Gasteiger partial charge < -0.3 is 14.2 Å². The third-order valence-corrected chi connectivity index (χ3v) is 4.10. The van der Waals surface area contributed by atoms with Crippen molar-refractivity contribution in [1.82, 2.24) is 15.0 Å². The fourth-order valence-corrected chi connectivity index (χ4v) is 2.49. The molecule has 0 saturated heterocycles. The summed E-state index contributed by atoms with van der Waals surface area (Å²) >= 11 is 0. The summed E-state index contributed by atoms with van der Waals surface area (Å²) in [6.45, 7) is 4.15. The Labute approximate surface area is 163 Å². The Hall–Kier alpha value is -3.48. The van der Waals surface area contributed by atoms with Gasteiger partial charge in [0.2, 0.25) is 0 Å². The van der Waals surface area contributed by atoms with Crippen LogP contribution in [-0.2, 0) is 18.0 Å². The van der Waals surface area contributed by atoms with Crippen molar-refractivity contribution in [2.24, 2.45) is 0 Å². The van der Waals surface area contributed by atoms with Gasteiger partial charge >= 0.3 is 5.97 Å². The maximum atomic E-state index is 12.2. The summed E-state index contributed by atoms with van der Waals surface area (Å²) in [6, 6.07) is 5.31. The lowest BCUT2D eigenvalue weighted by molar-refractivity contribution is 0.0461. The van der Waals surface area contributed by atoms with Crippen molar-refractivity contribution in [3.05, 3.63) is 77.1 Å². The number of aromatic nitrogens is 3. The van der Waals surface area contributed by atoms with Gasteiger partial charge in [-0.3, -0.25) is 9.97 Å². The molecule has 3 aromatic rings. The number of esters is 1. The molecule has 0 bridgehead atoms. The van der Waals surface area contributed by atoms with Crippen LogP contribution in [0.1, 0.15) is 32.7 Å². The Bertz CT molecular complexity index is 958. The van der Waals surface area contributed by atoms with Crippen LogP contribution in [0.2, 0.25) is 0 Å². The predicted octanol–water partition coefficient (Wildman–Crippen LogP) is 3.43. The first-order valence-corrected chi connectivity index (χ1v) is 8.71. The highest BCUT2D eigenvalue weighted by Gasteiger charge is 2.14. The molecule has 0 fully saturated rings. The average Bonchev–Trinajstić information content (AvgIpc) is 2.72. The molecular formula is C21H21N3O4. The van der Waals surface area contributed by atoms with Gasteiger partial charge in [0.25, 0.3) is 0 Å². The maximum absolute atomic E-state index is 12.2. The van der Waals surface area contributed by atoms with Crippen LogP contribution in [0.3, 0.4) is 0 Å². The van der Waals surface area contributed by atoms with Gasteiger partial charge in [-0.25, -0.2) is 9.78 Å². The Morgan fingerprint density at radius 2 is 1.82 bits per heavy atom.